The van der Waals surface area contributed by atoms with Crippen LogP contribution in [0.25, 0.3) is 0 Å². The van der Waals surface area contributed by atoms with Gasteiger partial charge >= 0.3 is 0 Å². The van der Waals surface area contributed by atoms with E-state index in [1.165, 1.54) is 12.1 Å². The molecule has 0 fully saturated rings. The fourth-order valence-electron chi connectivity index (χ4n) is 2.02. The molecule has 0 atom stereocenters. The van der Waals surface area contributed by atoms with E-state index < -0.39 is 10.0 Å². The highest BCUT2D eigenvalue weighted by Crippen LogP contribution is 2.27. The third-order valence-electron chi connectivity index (χ3n) is 3.25. The normalized spacial score (nSPS) is 11.3. The Balaban J connectivity index is 2.16. The number of halogens is 1. The van der Waals surface area contributed by atoms with Gasteiger partial charge < -0.3 is 4.90 Å². The van der Waals surface area contributed by atoms with Gasteiger partial charge in [-0.05, 0) is 50.2 Å². The van der Waals surface area contributed by atoms with Crippen molar-refractivity contribution < 1.29 is 13.2 Å². The zero-order valence-electron chi connectivity index (χ0n) is 12.7. The van der Waals surface area contributed by atoms with Gasteiger partial charge in [0, 0.05) is 24.3 Å². The lowest BCUT2D eigenvalue weighted by Crippen LogP contribution is -2.30. The SMILES string of the molecule is CCN(CC)C(=O)c1ccc(NS(=O)(=O)c2ccc(Cl)s2)cc1. The highest BCUT2D eigenvalue weighted by molar-refractivity contribution is 7.94. The third-order valence-corrected chi connectivity index (χ3v) is 6.35. The van der Waals surface area contributed by atoms with E-state index in [0.717, 1.165) is 11.3 Å². The summed E-state index contributed by atoms with van der Waals surface area (Å²) < 4.78 is 27.4. The molecule has 2 rings (SSSR count). The summed E-state index contributed by atoms with van der Waals surface area (Å²) in [6, 6.07) is 9.35. The van der Waals surface area contributed by atoms with E-state index in [2.05, 4.69) is 4.72 Å². The number of nitrogens with zero attached hydrogens (tertiary/aromatic N) is 1. The summed E-state index contributed by atoms with van der Waals surface area (Å²) in [5.74, 6) is -0.0746. The molecule has 124 valence electrons. The summed E-state index contributed by atoms with van der Waals surface area (Å²) in [5, 5.41) is 0. The van der Waals surface area contributed by atoms with E-state index in [1.54, 1.807) is 29.2 Å². The summed E-state index contributed by atoms with van der Waals surface area (Å²) in [6.45, 7) is 5.08. The summed E-state index contributed by atoms with van der Waals surface area (Å²) in [5.41, 5.74) is 0.918. The van der Waals surface area contributed by atoms with Crippen LogP contribution in [0.1, 0.15) is 24.2 Å². The first kappa shape index (κ1) is 17.8. The first-order valence-corrected chi connectivity index (χ1v) is 9.72. The summed E-state index contributed by atoms with van der Waals surface area (Å²) in [7, 11) is -3.66. The van der Waals surface area contributed by atoms with Crippen LogP contribution in [-0.2, 0) is 10.0 Å². The monoisotopic (exact) mass is 372 g/mol. The Morgan fingerprint density at radius 3 is 2.22 bits per heavy atom. The molecule has 1 amide bonds. The molecule has 0 aliphatic heterocycles. The molecule has 0 saturated carbocycles. The number of anilines is 1. The van der Waals surface area contributed by atoms with Crippen LogP contribution in [0.4, 0.5) is 5.69 Å². The molecule has 0 spiro atoms. The smallest absolute Gasteiger partial charge is 0.271 e. The zero-order valence-corrected chi connectivity index (χ0v) is 15.1. The van der Waals surface area contributed by atoms with Crippen LogP contribution in [0.3, 0.4) is 0 Å². The van der Waals surface area contributed by atoms with E-state index in [9.17, 15) is 13.2 Å². The third kappa shape index (κ3) is 4.25. The fourth-order valence-corrected chi connectivity index (χ4v) is 4.56. The van der Waals surface area contributed by atoms with Crippen molar-refractivity contribution in [1.29, 1.82) is 0 Å². The van der Waals surface area contributed by atoms with Gasteiger partial charge in [0.1, 0.15) is 4.21 Å². The molecule has 8 heteroatoms. The quantitative estimate of drug-likeness (QED) is 0.840. The zero-order chi connectivity index (χ0) is 17.0. The van der Waals surface area contributed by atoms with Crippen molar-refractivity contribution in [2.75, 3.05) is 17.8 Å². The molecule has 0 aliphatic carbocycles. The molecule has 0 bridgehead atoms. The van der Waals surface area contributed by atoms with Crippen LogP contribution in [0, 0.1) is 0 Å². The molecule has 1 heterocycles. The predicted molar refractivity (Wildman–Crippen MR) is 93.8 cm³/mol. The summed E-state index contributed by atoms with van der Waals surface area (Å²) in [6.07, 6.45) is 0. The van der Waals surface area contributed by atoms with Crippen LogP contribution < -0.4 is 4.72 Å². The first-order valence-electron chi connectivity index (χ1n) is 7.05. The Hall–Kier alpha value is -1.57. The van der Waals surface area contributed by atoms with Gasteiger partial charge in [-0.15, -0.1) is 11.3 Å². The number of hydrogen-bond donors (Lipinski definition) is 1. The van der Waals surface area contributed by atoms with E-state index in [0.29, 0.717) is 28.7 Å². The number of carbonyl (C=O) groups is 1. The number of nitrogens with one attached hydrogen (secondary N) is 1. The van der Waals surface area contributed by atoms with E-state index in [1.807, 2.05) is 13.8 Å². The van der Waals surface area contributed by atoms with Crippen LogP contribution in [0.2, 0.25) is 4.34 Å². The molecule has 2 aromatic rings. The van der Waals surface area contributed by atoms with Crippen molar-refractivity contribution >= 4 is 44.6 Å². The first-order chi connectivity index (χ1) is 10.9. The van der Waals surface area contributed by atoms with Gasteiger partial charge in [-0.2, -0.15) is 0 Å². The van der Waals surface area contributed by atoms with Crippen LogP contribution in [0.5, 0.6) is 0 Å². The van der Waals surface area contributed by atoms with Gasteiger partial charge in [-0.3, -0.25) is 9.52 Å². The maximum Gasteiger partial charge on any atom is 0.271 e. The Labute approximate surface area is 144 Å². The lowest BCUT2D eigenvalue weighted by atomic mass is 10.2. The molecule has 0 aliphatic rings. The summed E-state index contributed by atoms with van der Waals surface area (Å²) >= 11 is 6.75. The second-order valence-electron chi connectivity index (χ2n) is 4.72. The molecular weight excluding hydrogens is 356 g/mol. The number of hydrogen-bond acceptors (Lipinski definition) is 4. The van der Waals surface area contributed by atoms with Gasteiger partial charge in [0.25, 0.3) is 15.9 Å². The Morgan fingerprint density at radius 2 is 1.74 bits per heavy atom. The average Bonchev–Trinajstić information content (AvgIpc) is 2.96. The van der Waals surface area contributed by atoms with E-state index >= 15 is 0 Å². The minimum Gasteiger partial charge on any atom is -0.339 e. The lowest BCUT2D eigenvalue weighted by molar-refractivity contribution is 0.0773. The van der Waals surface area contributed by atoms with Gasteiger partial charge in [0.2, 0.25) is 0 Å². The second kappa shape index (κ2) is 7.33. The van der Waals surface area contributed by atoms with Crippen molar-refractivity contribution in [3.8, 4) is 0 Å². The van der Waals surface area contributed by atoms with Crippen LogP contribution in [-0.4, -0.2) is 32.3 Å². The average molecular weight is 373 g/mol. The van der Waals surface area contributed by atoms with Gasteiger partial charge in [0.05, 0.1) is 4.34 Å². The molecule has 1 aromatic heterocycles. The van der Waals surface area contributed by atoms with Crippen molar-refractivity contribution in [3.63, 3.8) is 0 Å². The minimum atomic E-state index is -3.66. The predicted octanol–water partition coefficient (Wildman–Crippen LogP) is 3.68. The maximum atomic E-state index is 12.2. The molecule has 0 unspecified atom stereocenters. The number of carbonyl (C=O) groups excluding carboxylic acids is 1. The molecule has 1 aromatic carbocycles. The largest absolute Gasteiger partial charge is 0.339 e. The van der Waals surface area contributed by atoms with E-state index in [4.69, 9.17) is 11.6 Å². The Kier molecular flexibility index (Phi) is 5.67. The molecular formula is C15H17ClN2O3S2. The summed E-state index contributed by atoms with van der Waals surface area (Å²) in [4.78, 5) is 13.9. The van der Waals surface area contributed by atoms with Crippen molar-refractivity contribution in [1.82, 2.24) is 4.90 Å². The highest BCUT2D eigenvalue weighted by atomic mass is 35.5. The number of amides is 1. The topological polar surface area (TPSA) is 66.5 Å². The fraction of sp³-hybridized carbons (Fsp3) is 0.267. The highest BCUT2D eigenvalue weighted by Gasteiger charge is 2.17. The van der Waals surface area contributed by atoms with Gasteiger partial charge in [-0.1, -0.05) is 11.6 Å². The van der Waals surface area contributed by atoms with E-state index in [-0.39, 0.29) is 10.1 Å². The number of benzene rings is 1. The van der Waals surface area contributed by atoms with Gasteiger partial charge in [-0.25, -0.2) is 8.42 Å². The molecule has 0 radical (unpaired) electrons. The lowest BCUT2D eigenvalue weighted by Gasteiger charge is -2.18. The number of thiophene rings is 1. The van der Waals surface area contributed by atoms with Crippen molar-refractivity contribution in [3.05, 3.63) is 46.3 Å². The minimum absolute atomic E-state index is 0.0746. The van der Waals surface area contributed by atoms with Crippen LogP contribution >= 0.6 is 22.9 Å². The number of rotatable bonds is 6. The molecule has 1 N–H and O–H groups in total. The van der Waals surface area contributed by atoms with Crippen molar-refractivity contribution in [2.24, 2.45) is 0 Å². The Morgan fingerprint density at radius 1 is 1.13 bits per heavy atom. The van der Waals surface area contributed by atoms with Gasteiger partial charge in [0.15, 0.2) is 0 Å². The number of sulfonamides is 1. The molecule has 0 saturated heterocycles. The molecule has 23 heavy (non-hydrogen) atoms. The van der Waals surface area contributed by atoms with Crippen LogP contribution in [0.15, 0.2) is 40.6 Å². The standard InChI is InChI=1S/C15H17ClN2O3S2/c1-3-18(4-2)15(19)11-5-7-12(8-6-11)17-23(20,21)14-10-9-13(16)22-14/h5-10,17H,3-4H2,1-2H3. The Bertz CT molecular complexity index is 781. The second-order valence-corrected chi connectivity index (χ2v) is 8.34. The van der Waals surface area contributed by atoms with Crippen molar-refractivity contribution in [2.45, 2.75) is 18.1 Å². The maximum absolute atomic E-state index is 12.2. The molecule has 5 nitrogen and oxygen atoms in total.